The Labute approximate surface area is 129 Å². The van der Waals surface area contributed by atoms with E-state index in [4.69, 9.17) is 10.5 Å². The molecule has 1 heterocycles. The molecule has 3 nitrogen and oxygen atoms in total. The highest BCUT2D eigenvalue weighted by Gasteiger charge is 2.21. The lowest BCUT2D eigenvalue weighted by Gasteiger charge is -2.16. The SMILES string of the molecule is COc1cccc(F)c1C(N)Cc1nc(C(C)(C)C)cs1. The van der Waals surface area contributed by atoms with Crippen LogP contribution in [0.2, 0.25) is 0 Å². The van der Waals surface area contributed by atoms with Gasteiger partial charge in [0.05, 0.1) is 17.8 Å². The summed E-state index contributed by atoms with van der Waals surface area (Å²) in [4.78, 5) is 4.61. The molecular weight excluding hydrogens is 287 g/mol. The van der Waals surface area contributed by atoms with Crippen LogP contribution >= 0.6 is 11.3 Å². The van der Waals surface area contributed by atoms with Gasteiger partial charge in [-0.25, -0.2) is 9.37 Å². The minimum Gasteiger partial charge on any atom is -0.496 e. The molecule has 2 N–H and O–H groups in total. The number of aromatic nitrogens is 1. The van der Waals surface area contributed by atoms with Gasteiger partial charge in [-0.2, -0.15) is 0 Å². The number of nitrogens with two attached hydrogens (primary N) is 1. The van der Waals surface area contributed by atoms with Crippen LogP contribution in [0.25, 0.3) is 0 Å². The minimum absolute atomic E-state index is 0.00846. The Balaban J connectivity index is 2.22. The van der Waals surface area contributed by atoms with Crippen LogP contribution in [-0.4, -0.2) is 12.1 Å². The highest BCUT2D eigenvalue weighted by molar-refractivity contribution is 7.09. The summed E-state index contributed by atoms with van der Waals surface area (Å²) in [5, 5.41) is 2.96. The zero-order chi connectivity index (χ0) is 15.6. The molecule has 1 unspecified atom stereocenters. The number of benzene rings is 1. The van der Waals surface area contributed by atoms with Crippen LogP contribution in [0.5, 0.6) is 5.75 Å². The fourth-order valence-corrected chi connectivity index (χ4v) is 3.18. The summed E-state index contributed by atoms with van der Waals surface area (Å²) in [7, 11) is 1.52. The van der Waals surface area contributed by atoms with Crippen LogP contribution in [0, 0.1) is 5.82 Å². The van der Waals surface area contributed by atoms with E-state index in [0.717, 1.165) is 10.7 Å². The second-order valence-corrected chi connectivity index (χ2v) is 6.99. The van der Waals surface area contributed by atoms with Gasteiger partial charge in [0, 0.05) is 28.8 Å². The second-order valence-electron chi connectivity index (χ2n) is 6.04. The van der Waals surface area contributed by atoms with E-state index >= 15 is 0 Å². The van der Waals surface area contributed by atoms with Crippen molar-refractivity contribution >= 4 is 11.3 Å². The van der Waals surface area contributed by atoms with Crippen molar-refractivity contribution in [2.24, 2.45) is 5.73 Å². The van der Waals surface area contributed by atoms with Gasteiger partial charge in [-0.15, -0.1) is 11.3 Å². The van der Waals surface area contributed by atoms with Crippen molar-refractivity contribution in [1.82, 2.24) is 4.98 Å². The minimum atomic E-state index is -0.472. The number of nitrogens with zero attached hydrogens (tertiary/aromatic N) is 1. The Morgan fingerprint density at radius 3 is 2.67 bits per heavy atom. The summed E-state index contributed by atoms with van der Waals surface area (Å²) in [6, 6.07) is 4.27. The van der Waals surface area contributed by atoms with E-state index in [9.17, 15) is 4.39 Å². The van der Waals surface area contributed by atoms with Gasteiger partial charge >= 0.3 is 0 Å². The van der Waals surface area contributed by atoms with Crippen molar-refractivity contribution < 1.29 is 9.13 Å². The first-order valence-electron chi connectivity index (χ1n) is 6.85. The quantitative estimate of drug-likeness (QED) is 0.934. The lowest BCUT2D eigenvalue weighted by molar-refractivity contribution is 0.398. The van der Waals surface area contributed by atoms with E-state index in [1.165, 1.54) is 13.2 Å². The van der Waals surface area contributed by atoms with Crippen LogP contribution in [0.3, 0.4) is 0 Å². The van der Waals surface area contributed by atoms with Gasteiger partial charge in [0.2, 0.25) is 0 Å². The topological polar surface area (TPSA) is 48.1 Å². The maximum Gasteiger partial charge on any atom is 0.131 e. The first kappa shape index (κ1) is 15.9. The van der Waals surface area contributed by atoms with E-state index in [1.807, 2.05) is 5.38 Å². The van der Waals surface area contributed by atoms with Gasteiger partial charge in [-0.05, 0) is 12.1 Å². The number of halogens is 1. The molecule has 0 aliphatic rings. The summed E-state index contributed by atoms with van der Waals surface area (Å²) in [6.45, 7) is 6.35. The third kappa shape index (κ3) is 3.60. The number of thiazole rings is 1. The lowest BCUT2D eigenvalue weighted by atomic mass is 9.93. The molecule has 0 bridgehead atoms. The molecule has 0 saturated carbocycles. The number of hydrogen-bond acceptors (Lipinski definition) is 4. The first-order chi connectivity index (χ1) is 9.82. The molecule has 0 aliphatic carbocycles. The van der Waals surface area contributed by atoms with Gasteiger partial charge in [0.1, 0.15) is 11.6 Å². The van der Waals surface area contributed by atoms with Crippen LogP contribution < -0.4 is 10.5 Å². The molecule has 0 fully saturated rings. The van der Waals surface area contributed by atoms with Gasteiger partial charge in [-0.3, -0.25) is 0 Å². The van der Waals surface area contributed by atoms with Gasteiger partial charge in [0.15, 0.2) is 0 Å². The van der Waals surface area contributed by atoms with Gasteiger partial charge in [-0.1, -0.05) is 26.8 Å². The molecule has 1 aromatic carbocycles. The average molecular weight is 308 g/mol. The monoisotopic (exact) mass is 308 g/mol. The molecule has 0 radical (unpaired) electrons. The molecule has 1 atom stereocenters. The van der Waals surface area contributed by atoms with Crippen LogP contribution in [0.1, 0.15) is 43.1 Å². The molecule has 0 amide bonds. The largest absolute Gasteiger partial charge is 0.496 e. The van der Waals surface area contributed by atoms with Crippen molar-refractivity contribution in [3.8, 4) is 5.75 Å². The molecule has 2 aromatic rings. The standard InChI is InChI=1S/C16H21FN2OS/c1-16(2,3)13-9-21-14(19-13)8-11(18)15-10(17)6-5-7-12(15)20-4/h5-7,9,11H,8,18H2,1-4H3. The molecule has 114 valence electrons. The molecule has 0 saturated heterocycles. The first-order valence-corrected chi connectivity index (χ1v) is 7.73. The molecule has 21 heavy (non-hydrogen) atoms. The molecule has 1 aromatic heterocycles. The predicted molar refractivity (Wildman–Crippen MR) is 84.4 cm³/mol. The van der Waals surface area contributed by atoms with Crippen LogP contribution in [-0.2, 0) is 11.8 Å². The Kier molecular flexibility index (Phi) is 4.64. The van der Waals surface area contributed by atoms with E-state index in [1.54, 1.807) is 23.5 Å². The summed E-state index contributed by atoms with van der Waals surface area (Å²) < 4.78 is 19.2. The number of hydrogen-bond donors (Lipinski definition) is 1. The van der Waals surface area contributed by atoms with Crippen molar-refractivity contribution in [2.75, 3.05) is 7.11 Å². The third-order valence-corrected chi connectivity index (χ3v) is 4.19. The molecule has 2 rings (SSSR count). The normalized spacial score (nSPS) is 13.2. The van der Waals surface area contributed by atoms with Crippen LogP contribution in [0.4, 0.5) is 4.39 Å². The lowest BCUT2D eigenvalue weighted by Crippen LogP contribution is -2.17. The molecule has 5 heteroatoms. The predicted octanol–water partition coefficient (Wildman–Crippen LogP) is 3.83. The zero-order valence-corrected chi connectivity index (χ0v) is 13.6. The summed E-state index contributed by atoms with van der Waals surface area (Å²) in [5.74, 6) is 0.143. The highest BCUT2D eigenvalue weighted by atomic mass is 32.1. The summed E-state index contributed by atoms with van der Waals surface area (Å²) >= 11 is 1.56. The smallest absolute Gasteiger partial charge is 0.131 e. The van der Waals surface area contributed by atoms with E-state index in [0.29, 0.717) is 17.7 Å². The number of rotatable bonds is 4. The zero-order valence-electron chi connectivity index (χ0n) is 12.8. The Bertz CT molecular complexity index is 619. The van der Waals surface area contributed by atoms with Crippen LogP contribution in [0.15, 0.2) is 23.6 Å². The van der Waals surface area contributed by atoms with Gasteiger partial charge < -0.3 is 10.5 Å². The Hall–Kier alpha value is -1.46. The molecule has 0 spiro atoms. The second kappa shape index (κ2) is 6.12. The molecular formula is C16H21FN2OS. The maximum atomic E-state index is 14.0. The fraction of sp³-hybridized carbons (Fsp3) is 0.438. The van der Waals surface area contributed by atoms with Crippen molar-refractivity contribution in [3.05, 3.63) is 45.7 Å². The molecule has 0 aliphatic heterocycles. The summed E-state index contributed by atoms with van der Waals surface area (Å²) in [6.07, 6.45) is 0.498. The van der Waals surface area contributed by atoms with Gasteiger partial charge in [0.25, 0.3) is 0 Å². The van der Waals surface area contributed by atoms with E-state index < -0.39 is 6.04 Å². The van der Waals surface area contributed by atoms with E-state index in [-0.39, 0.29) is 11.2 Å². The fourth-order valence-electron chi connectivity index (χ4n) is 2.09. The maximum absolute atomic E-state index is 14.0. The third-order valence-electron chi connectivity index (χ3n) is 3.32. The number of methoxy groups -OCH3 is 1. The summed E-state index contributed by atoms with van der Waals surface area (Å²) in [5.41, 5.74) is 7.62. The van der Waals surface area contributed by atoms with Crippen molar-refractivity contribution in [3.63, 3.8) is 0 Å². The highest BCUT2D eigenvalue weighted by Crippen LogP contribution is 2.30. The van der Waals surface area contributed by atoms with Crippen molar-refractivity contribution in [2.45, 2.75) is 38.6 Å². The average Bonchev–Trinajstić information content (AvgIpc) is 2.86. The Morgan fingerprint density at radius 1 is 1.38 bits per heavy atom. The Morgan fingerprint density at radius 2 is 2.10 bits per heavy atom. The van der Waals surface area contributed by atoms with E-state index in [2.05, 4.69) is 25.8 Å². The van der Waals surface area contributed by atoms with Crippen molar-refractivity contribution in [1.29, 1.82) is 0 Å². The number of ether oxygens (including phenoxy) is 1.